The van der Waals surface area contributed by atoms with Gasteiger partial charge in [0.15, 0.2) is 0 Å². The fourth-order valence-electron chi connectivity index (χ4n) is 2.04. The molecule has 0 aliphatic carbocycles. The summed E-state index contributed by atoms with van der Waals surface area (Å²) in [6.45, 7) is 9.94. The van der Waals surface area contributed by atoms with Crippen molar-refractivity contribution in [3.63, 3.8) is 0 Å². The first-order valence-electron chi connectivity index (χ1n) is 6.19. The molecule has 0 spiro atoms. The molecule has 0 aromatic rings. The van der Waals surface area contributed by atoms with Gasteiger partial charge in [0, 0.05) is 31.8 Å². The van der Waals surface area contributed by atoms with Crippen LogP contribution in [0.4, 0.5) is 0 Å². The van der Waals surface area contributed by atoms with Crippen molar-refractivity contribution in [1.29, 1.82) is 0 Å². The van der Waals surface area contributed by atoms with Gasteiger partial charge in [-0.3, -0.25) is 0 Å². The maximum absolute atomic E-state index is 5.53. The molecule has 3 nitrogen and oxygen atoms in total. The zero-order valence-electron chi connectivity index (χ0n) is 10.2. The van der Waals surface area contributed by atoms with E-state index in [9.17, 15) is 0 Å². The van der Waals surface area contributed by atoms with Gasteiger partial charge >= 0.3 is 0 Å². The van der Waals surface area contributed by atoms with Crippen LogP contribution in [0.5, 0.6) is 0 Å². The lowest BCUT2D eigenvalue weighted by Crippen LogP contribution is -2.36. The molecule has 3 heteroatoms. The smallest absolute Gasteiger partial charge is 0.0536 e. The van der Waals surface area contributed by atoms with Crippen LogP contribution < -0.4 is 5.32 Å². The SMILES string of the molecule is CCCNCC1(CCOCC)CCOC1. The average molecular weight is 215 g/mol. The lowest BCUT2D eigenvalue weighted by molar-refractivity contribution is 0.0868. The van der Waals surface area contributed by atoms with Crippen LogP contribution in [0.3, 0.4) is 0 Å². The third kappa shape index (κ3) is 4.49. The lowest BCUT2D eigenvalue weighted by Gasteiger charge is -2.27. The van der Waals surface area contributed by atoms with E-state index in [4.69, 9.17) is 9.47 Å². The van der Waals surface area contributed by atoms with Crippen molar-refractivity contribution in [3.05, 3.63) is 0 Å². The molecule has 0 radical (unpaired) electrons. The molecule has 0 saturated carbocycles. The minimum atomic E-state index is 0.338. The zero-order valence-corrected chi connectivity index (χ0v) is 10.2. The van der Waals surface area contributed by atoms with Crippen molar-refractivity contribution in [2.75, 3.05) is 39.5 Å². The minimum Gasteiger partial charge on any atom is -0.382 e. The van der Waals surface area contributed by atoms with Crippen LogP contribution in [-0.2, 0) is 9.47 Å². The second kappa shape index (κ2) is 7.20. The minimum absolute atomic E-state index is 0.338. The van der Waals surface area contributed by atoms with Gasteiger partial charge in [0.05, 0.1) is 6.61 Å². The highest BCUT2D eigenvalue weighted by Gasteiger charge is 2.33. The van der Waals surface area contributed by atoms with Gasteiger partial charge in [-0.05, 0) is 32.7 Å². The van der Waals surface area contributed by atoms with Crippen LogP contribution in [0, 0.1) is 5.41 Å². The monoisotopic (exact) mass is 215 g/mol. The fourth-order valence-corrected chi connectivity index (χ4v) is 2.04. The van der Waals surface area contributed by atoms with Gasteiger partial charge in [-0.15, -0.1) is 0 Å². The summed E-state index contributed by atoms with van der Waals surface area (Å²) in [5.74, 6) is 0. The van der Waals surface area contributed by atoms with Crippen molar-refractivity contribution in [3.8, 4) is 0 Å². The predicted molar refractivity (Wildman–Crippen MR) is 62.1 cm³/mol. The maximum Gasteiger partial charge on any atom is 0.0536 e. The molecule has 0 aromatic carbocycles. The van der Waals surface area contributed by atoms with Crippen LogP contribution in [-0.4, -0.2) is 39.5 Å². The van der Waals surface area contributed by atoms with Crippen molar-refractivity contribution in [1.82, 2.24) is 5.32 Å². The third-order valence-corrected chi connectivity index (χ3v) is 3.09. The van der Waals surface area contributed by atoms with Crippen LogP contribution in [0.1, 0.15) is 33.1 Å². The molecule has 90 valence electrons. The second-order valence-corrected chi connectivity index (χ2v) is 4.43. The highest BCUT2D eigenvalue weighted by atomic mass is 16.5. The Morgan fingerprint density at radius 3 is 2.87 bits per heavy atom. The summed E-state index contributed by atoms with van der Waals surface area (Å²) in [5, 5.41) is 3.51. The van der Waals surface area contributed by atoms with Crippen molar-refractivity contribution >= 4 is 0 Å². The molecular formula is C12H25NO2. The van der Waals surface area contributed by atoms with Crippen molar-refractivity contribution < 1.29 is 9.47 Å². The molecule has 1 rings (SSSR count). The lowest BCUT2D eigenvalue weighted by atomic mass is 9.84. The number of hydrogen-bond acceptors (Lipinski definition) is 3. The van der Waals surface area contributed by atoms with E-state index in [1.165, 1.54) is 12.8 Å². The molecule has 1 heterocycles. The zero-order chi connectivity index (χ0) is 11.0. The Bertz CT molecular complexity index is 144. The quantitative estimate of drug-likeness (QED) is 0.627. The molecule has 0 aromatic heterocycles. The first-order valence-corrected chi connectivity index (χ1v) is 6.19. The van der Waals surface area contributed by atoms with Gasteiger partial charge in [0.2, 0.25) is 0 Å². The van der Waals surface area contributed by atoms with E-state index in [1.54, 1.807) is 0 Å². The van der Waals surface area contributed by atoms with Crippen molar-refractivity contribution in [2.24, 2.45) is 5.41 Å². The fraction of sp³-hybridized carbons (Fsp3) is 1.00. The number of rotatable bonds is 8. The van der Waals surface area contributed by atoms with Gasteiger partial charge in [-0.1, -0.05) is 6.92 Å². The molecule has 1 unspecified atom stereocenters. The first-order chi connectivity index (χ1) is 7.33. The van der Waals surface area contributed by atoms with Gasteiger partial charge in [0.25, 0.3) is 0 Å². The average Bonchev–Trinajstić information content (AvgIpc) is 2.68. The van der Waals surface area contributed by atoms with Crippen LogP contribution in [0.15, 0.2) is 0 Å². The number of nitrogens with one attached hydrogen (secondary N) is 1. The summed E-state index contributed by atoms with van der Waals surface area (Å²) >= 11 is 0. The molecule has 1 N–H and O–H groups in total. The molecule has 1 saturated heterocycles. The molecule has 1 fully saturated rings. The topological polar surface area (TPSA) is 30.5 Å². The highest BCUT2D eigenvalue weighted by Crippen LogP contribution is 2.31. The molecule has 1 atom stereocenters. The predicted octanol–water partition coefficient (Wildman–Crippen LogP) is 1.82. The Labute approximate surface area is 93.5 Å². The number of ether oxygens (including phenoxy) is 2. The maximum atomic E-state index is 5.53. The Balaban J connectivity index is 2.26. The van der Waals surface area contributed by atoms with Crippen LogP contribution in [0.2, 0.25) is 0 Å². The van der Waals surface area contributed by atoms with E-state index in [2.05, 4.69) is 12.2 Å². The highest BCUT2D eigenvalue weighted by molar-refractivity contribution is 4.85. The van der Waals surface area contributed by atoms with E-state index in [0.29, 0.717) is 5.41 Å². The summed E-state index contributed by atoms with van der Waals surface area (Å²) in [7, 11) is 0. The molecular weight excluding hydrogens is 190 g/mol. The van der Waals surface area contributed by atoms with Gasteiger partial charge in [0.1, 0.15) is 0 Å². The Kier molecular flexibility index (Phi) is 6.22. The van der Waals surface area contributed by atoms with Gasteiger partial charge in [-0.2, -0.15) is 0 Å². The van der Waals surface area contributed by atoms with E-state index in [0.717, 1.165) is 45.9 Å². The van der Waals surface area contributed by atoms with E-state index in [-0.39, 0.29) is 0 Å². The molecule has 0 bridgehead atoms. The van der Waals surface area contributed by atoms with Crippen LogP contribution in [0.25, 0.3) is 0 Å². The molecule has 15 heavy (non-hydrogen) atoms. The Morgan fingerprint density at radius 2 is 2.27 bits per heavy atom. The molecule has 0 amide bonds. The Morgan fingerprint density at radius 1 is 1.40 bits per heavy atom. The van der Waals surface area contributed by atoms with Crippen LogP contribution >= 0.6 is 0 Å². The standard InChI is InChI=1S/C12H25NO2/c1-3-7-13-10-12(5-8-14-4-2)6-9-15-11-12/h13H,3-11H2,1-2H3. The molecule has 1 aliphatic rings. The van der Waals surface area contributed by atoms with Crippen molar-refractivity contribution in [2.45, 2.75) is 33.1 Å². The number of hydrogen-bond donors (Lipinski definition) is 1. The second-order valence-electron chi connectivity index (χ2n) is 4.43. The summed E-state index contributed by atoms with van der Waals surface area (Å²) in [5.41, 5.74) is 0.338. The normalized spacial score (nSPS) is 26.0. The molecule has 1 aliphatic heterocycles. The van der Waals surface area contributed by atoms with E-state index >= 15 is 0 Å². The summed E-state index contributed by atoms with van der Waals surface area (Å²) in [4.78, 5) is 0. The first kappa shape index (κ1) is 12.9. The Hall–Kier alpha value is -0.120. The third-order valence-electron chi connectivity index (χ3n) is 3.09. The largest absolute Gasteiger partial charge is 0.382 e. The summed E-state index contributed by atoms with van der Waals surface area (Å²) < 4.78 is 11.0. The van der Waals surface area contributed by atoms with E-state index in [1.807, 2.05) is 6.92 Å². The van der Waals surface area contributed by atoms with E-state index < -0.39 is 0 Å². The van der Waals surface area contributed by atoms with Gasteiger partial charge in [-0.25, -0.2) is 0 Å². The summed E-state index contributed by atoms with van der Waals surface area (Å²) in [6.07, 6.45) is 3.50. The summed E-state index contributed by atoms with van der Waals surface area (Å²) in [6, 6.07) is 0. The van der Waals surface area contributed by atoms with Gasteiger partial charge < -0.3 is 14.8 Å².